The number of nitrogens with zero attached hydrogens (tertiary/aromatic N) is 2. The Morgan fingerprint density at radius 3 is 3.00 bits per heavy atom. The highest BCUT2D eigenvalue weighted by atomic mass is 32.1. The van der Waals surface area contributed by atoms with E-state index in [1.54, 1.807) is 13.1 Å². The van der Waals surface area contributed by atoms with Gasteiger partial charge in [0.2, 0.25) is 0 Å². The van der Waals surface area contributed by atoms with Gasteiger partial charge < -0.3 is 15.1 Å². The molecule has 0 radical (unpaired) electrons. The van der Waals surface area contributed by atoms with Crippen molar-refractivity contribution in [1.29, 1.82) is 0 Å². The minimum Gasteiger partial charge on any atom is -0.465 e. The minimum absolute atomic E-state index is 0.0743. The summed E-state index contributed by atoms with van der Waals surface area (Å²) in [6, 6.07) is 0. The first kappa shape index (κ1) is 11.3. The van der Waals surface area contributed by atoms with Crippen molar-refractivity contribution in [3.63, 3.8) is 0 Å². The zero-order valence-corrected chi connectivity index (χ0v) is 9.78. The molecule has 0 bridgehead atoms. The van der Waals surface area contributed by atoms with Gasteiger partial charge in [0.1, 0.15) is 10.6 Å². The number of likely N-dealkylation sites (tertiary alicyclic amines) is 1. The van der Waals surface area contributed by atoms with Crippen LogP contribution in [0.15, 0.2) is 11.6 Å². The van der Waals surface area contributed by atoms with E-state index >= 15 is 0 Å². The maximum Gasteiger partial charge on any atom is 0.407 e. The van der Waals surface area contributed by atoms with Gasteiger partial charge in [-0.05, 0) is 13.3 Å². The second kappa shape index (κ2) is 4.03. The number of thiazole rings is 1. The number of rotatable bonds is 2. The summed E-state index contributed by atoms with van der Waals surface area (Å²) in [6.07, 6.45) is 1.41. The van der Waals surface area contributed by atoms with E-state index in [2.05, 4.69) is 4.98 Å². The van der Waals surface area contributed by atoms with Crippen molar-refractivity contribution < 1.29 is 15.0 Å². The molecular formula is C10H14N2O3S. The van der Waals surface area contributed by atoms with Crippen LogP contribution in [0.5, 0.6) is 0 Å². The molecule has 0 saturated carbocycles. The van der Waals surface area contributed by atoms with Crippen LogP contribution in [0, 0.1) is 5.92 Å². The van der Waals surface area contributed by atoms with Crippen LogP contribution in [-0.4, -0.2) is 39.3 Å². The predicted octanol–water partition coefficient (Wildman–Crippen LogP) is 1.35. The van der Waals surface area contributed by atoms with Crippen molar-refractivity contribution in [3.8, 4) is 0 Å². The molecule has 5 nitrogen and oxygen atoms in total. The Kier molecular flexibility index (Phi) is 2.86. The van der Waals surface area contributed by atoms with E-state index < -0.39 is 11.7 Å². The van der Waals surface area contributed by atoms with Gasteiger partial charge in [0.15, 0.2) is 0 Å². The standard InChI is InChI=1S/C10H14N2O3S/c1-10(15,8-11-3-5-16-8)7-2-4-12(6-7)9(13)14/h3,5,7,15H,2,4,6H2,1H3,(H,13,14). The summed E-state index contributed by atoms with van der Waals surface area (Å²) in [5.41, 5.74) is -1.03. The third-order valence-electron chi connectivity index (χ3n) is 3.12. The van der Waals surface area contributed by atoms with E-state index in [9.17, 15) is 9.90 Å². The Bertz CT molecular complexity index is 377. The fourth-order valence-corrected chi connectivity index (χ4v) is 2.82. The molecular weight excluding hydrogens is 228 g/mol. The van der Waals surface area contributed by atoms with E-state index in [1.807, 2.05) is 5.38 Å². The van der Waals surface area contributed by atoms with Gasteiger partial charge in [0.05, 0.1) is 0 Å². The molecule has 0 spiro atoms. The summed E-state index contributed by atoms with van der Waals surface area (Å²) in [4.78, 5) is 16.2. The largest absolute Gasteiger partial charge is 0.465 e. The SMILES string of the molecule is CC(O)(c1nccs1)C1CCN(C(=O)O)C1. The van der Waals surface area contributed by atoms with Gasteiger partial charge in [-0.2, -0.15) is 0 Å². The number of hydrogen-bond acceptors (Lipinski definition) is 4. The van der Waals surface area contributed by atoms with Crippen molar-refractivity contribution in [2.75, 3.05) is 13.1 Å². The second-order valence-electron chi connectivity index (χ2n) is 4.20. The van der Waals surface area contributed by atoms with Gasteiger partial charge in [-0.1, -0.05) is 0 Å². The first-order valence-electron chi connectivity index (χ1n) is 5.12. The van der Waals surface area contributed by atoms with Crippen LogP contribution < -0.4 is 0 Å². The Morgan fingerprint density at radius 2 is 2.50 bits per heavy atom. The average Bonchev–Trinajstić information content (AvgIpc) is 2.90. The van der Waals surface area contributed by atoms with Gasteiger partial charge in [0, 0.05) is 30.6 Å². The molecule has 1 fully saturated rings. The lowest BCUT2D eigenvalue weighted by molar-refractivity contribution is -0.00158. The third-order valence-corrected chi connectivity index (χ3v) is 4.12. The van der Waals surface area contributed by atoms with Crippen LogP contribution in [0.2, 0.25) is 0 Å². The van der Waals surface area contributed by atoms with Crippen molar-refractivity contribution >= 4 is 17.4 Å². The molecule has 0 aromatic carbocycles. The minimum atomic E-state index is -1.03. The average molecular weight is 242 g/mol. The van der Waals surface area contributed by atoms with Gasteiger partial charge in [0.25, 0.3) is 0 Å². The Morgan fingerprint density at radius 1 is 1.75 bits per heavy atom. The van der Waals surface area contributed by atoms with Crippen LogP contribution in [-0.2, 0) is 5.60 Å². The highest BCUT2D eigenvalue weighted by molar-refractivity contribution is 7.09. The van der Waals surface area contributed by atoms with E-state index in [4.69, 9.17) is 5.11 Å². The number of aromatic nitrogens is 1. The van der Waals surface area contributed by atoms with Gasteiger partial charge in [-0.15, -0.1) is 11.3 Å². The van der Waals surface area contributed by atoms with Gasteiger partial charge in [-0.3, -0.25) is 0 Å². The summed E-state index contributed by atoms with van der Waals surface area (Å²) in [5, 5.41) is 21.7. The molecule has 1 amide bonds. The molecule has 1 aromatic heterocycles. The summed E-state index contributed by atoms with van der Waals surface area (Å²) in [6.45, 7) is 2.57. The van der Waals surface area contributed by atoms with Crippen LogP contribution in [0.3, 0.4) is 0 Å². The van der Waals surface area contributed by atoms with Crippen molar-refractivity contribution in [2.24, 2.45) is 5.92 Å². The van der Waals surface area contributed by atoms with E-state index in [0.717, 1.165) is 0 Å². The van der Waals surface area contributed by atoms with Crippen molar-refractivity contribution in [1.82, 2.24) is 9.88 Å². The summed E-state index contributed by atoms with van der Waals surface area (Å²) in [7, 11) is 0. The Labute approximate surface area is 97.4 Å². The van der Waals surface area contributed by atoms with Crippen molar-refractivity contribution in [2.45, 2.75) is 18.9 Å². The van der Waals surface area contributed by atoms with Crippen LogP contribution in [0.4, 0.5) is 4.79 Å². The quantitative estimate of drug-likeness (QED) is 0.821. The van der Waals surface area contributed by atoms with Crippen LogP contribution in [0.25, 0.3) is 0 Å². The molecule has 2 rings (SSSR count). The molecule has 2 atom stereocenters. The van der Waals surface area contributed by atoms with Crippen LogP contribution in [0.1, 0.15) is 18.4 Å². The van der Waals surface area contributed by atoms with E-state index in [-0.39, 0.29) is 5.92 Å². The molecule has 1 aromatic rings. The number of hydrogen-bond donors (Lipinski definition) is 2. The van der Waals surface area contributed by atoms with Crippen LogP contribution >= 0.6 is 11.3 Å². The molecule has 1 aliphatic rings. The summed E-state index contributed by atoms with van der Waals surface area (Å²) in [5.74, 6) is -0.0743. The second-order valence-corrected chi connectivity index (χ2v) is 5.09. The number of carbonyl (C=O) groups is 1. The molecule has 2 N–H and O–H groups in total. The molecule has 2 heterocycles. The van der Waals surface area contributed by atoms with Gasteiger partial charge >= 0.3 is 6.09 Å². The lowest BCUT2D eigenvalue weighted by Gasteiger charge is -2.27. The molecule has 88 valence electrons. The molecule has 2 unspecified atom stereocenters. The number of carboxylic acid groups (broad SMARTS) is 1. The molecule has 1 saturated heterocycles. The highest BCUT2D eigenvalue weighted by Crippen LogP contribution is 2.36. The fraction of sp³-hybridized carbons (Fsp3) is 0.600. The third kappa shape index (κ3) is 1.90. The molecule has 1 aliphatic heterocycles. The Balaban J connectivity index is 2.12. The molecule has 16 heavy (non-hydrogen) atoms. The normalized spacial score (nSPS) is 24.4. The van der Waals surface area contributed by atoms with Crippen molar-refractivity contribution in [3.05, 3.63) is 16.6 Å². The predicted molar refractivity (Wildman–Crippen MR) is 59.4 cm³/mol. The number of aliphatic hydroxyl groups is 1. The highest BCUT2D eigenvalue weighted by Gasteiger charge is 2.41. The Hall–Kier alpha value is -1.14. The fourth-order valence-electron chi connectivity index (χ4n) is 2.04. The topological polar surface area (TPSA) is 73.7 Å². The first-order valence-corrected chi connectivity index (χ1v) is 6.00. The summed E-state index contributed by atoms with van der Waals surface area (Å²) >= 11 is 1.40. The lowest BCUT2D eigenvalue weighted by atomic mass is 9.89. The van der Waals surface area contributed by atoms with E-state index in [0.29, 0.717) is 24.5 Å². The zero-order valence-electron chi connectivity index (χ0n) is 8.96. The maximum atomic E-state index is 10.8. The summed E-state index contributed by atoms with van der Waals surface area (Å²) < 4.78 is 0. The van der Waals surface area contributed by atoms with Gasteiger partial charge in [-0.25, -0.2) is 9.78 Å². The molecule has 6 heteroatoms. The lowest BCUT2D eigenvalue weighted by Crippen LogP contribution is -2.35. The maximum absolute atomic E-state index is 10.8. The zero-order chi connectivity index (χ0) is 11.8. The number of amides is 1. The van der Waals surface area contributed by atoms with E-state index in [1.165, 1.54) is 16.2 Å². The first-order chi connectivity index (χ1) is 7.51. The molecule has 0 aliphatic carbocycles. The smallest absolute Gasteiger partial charge is 0.407 e. The monoisotopic (exact) mass is 242 g/mol.